The molecule has 0 spiro atoms. The molecule has 1 saturated heterocycles. The van der Waals surface area contributed by atoms with Gasteiger partial charge in [-0.15, -0.1) is 0 Å². The van der Waals surface area contributed by atoms with Crippen LogP contribution in [0.3, 0.4) is 0 Å². The van der Waals surface area contributed by atoms with Crippen LogP contribution in [0.2, 0.25) is 0 Å². The van der Waals surface area contributed by atoms with Gasteiger partial charge in [0.25, 0.3) is 0 Å². The Morgan fingerprint density at radius 2 is 2.70 bits per heavy atom. The first-order valence-corrected chi connectivity index (χ1v) is 3.24. The van der Waals surface area contributed by atoms with Crippen LogP contribution in [0, 0.1) is 0 Å². The fourth-order valence-electron chi connectivity index (χ4n) is 1.18. The molecule has 0 unspecified atom stereocenters. The van der Waals surface area contributed by atoms with E-state index in [0.717, 1.165) is 6.42 Å². The summed E-state index contributed by atoms with van der Waals surface area (Å²) in [4.78, 5) is 12.4. The first kappa shape index (κ1) is 5.13. The van der Waals surface area contributed by atoms with E-state index in [9.17, 15) is 4.79 Å². The van der Waals surface area contributed by atoms with Gasteiger partial charge in [0.1, 0.15) is 5.54 Å². The van der Waals surface area contributed by atoms with Crippen molar-refractivity contribution < 1.29 is 12.6 Å². The van der Waals surface area contributed by atoms with Crippen LogP contribution in [0.1, 0.15) is 22.5 Å². The third kappa shape index (κ3) is 0.904. The summed E-state index contributed by atoms with van der Waals surface area (Å²) >= 11 is 0. The topological polar surface area (TPSA) is 40.5 Å². The van der Waals surface area contributed by atoms with E-state index in [4.69, 9.17) is 7.85 Å². The van der Waals surface area contributed by atoms with Gasteiger partial charge < -0.3 is 5.11 Å². The summed E-state index contributed by atoms with van der Waals surface area (Å²) in [6.07, 6.45) is 1.29. The van der Waals surface area contributed by atoms with Crippen molar-refractivity contribution in [3.63, 3.8) is 0 Å². The highest BCUT2D eigenvalue weighted by molar-refractivity contribution is 5.78. The van der Waals surface area contributed by atoms with Crippen LogP contribution in [-0.4, -0.2) is 35.1 Å². The lowest BCUT2D eigenvalue weighted by molar-refractivity contribution is -0.147. The Bertz CT molecular complexity index is 188. The zero-order valence-electron chi connectivity index (χ0n) is 7.84. The molecule has 0 aromatic rings. The van der Waals surface area contributed by atoms with Gasteiger partial charge in [0.15, 0.2) is 0 Å². The summed E-state index contributed by atoms with van der Waals surface area (Å²) in [5.41, 5.74) is -1.07. The van der Waals surface area contributed by atoms with E-state index in [1.165, 1.54) is 0 Å². The highest BCUT2D eigenvalue weighted by atomic mass is 16.4. The first-order chi connectivity index (χ1) is 5.67. The summed E-state index contributed by atoms with van der Waals surface area (Å²) in [6.45, 7) is 0.482. The normalized spacial score (nSPS) is 37.2. The number of aliphatic carboxylic acids is 1. The average Bonchev–Trinajstić information content (AvgIpc) is 2.47. The maximum atomic E-state index is 10.9. The highest BCUT2D eigenvalue weighted by Crippen LogP contribution is 2.26. The number of hydrogen-bond donors (Lipinski definition) is 1. The van der Waals surface area contributed by atoms with Crippen molar-refractivity contribution in [1.29, 1.82) is 0 Å². The van der Waals surface area contributed by atoms with Gasteiger partial charge in [-0.1, -0.05) is 0 Å². The van der Waals surface area contributed by atoms with Crippen molar-refractivity contribution in [2.45, 2.75) is 25.3 Å². The smallest absolute Gasteiger partial charge is 0.323 e. The zero-order valence-corrected chi connectivity index (χ0v) is 5.84. The van der Waals surface area contributed by atoms with Crippen LogP contribution < -0.4 is 0 Å². The SMILES string of the molecule is [2H]CN1CCC[C@@]1(C[2H])C(=O)O. The second-order valence-electron chi connectivity index (χ2n) is 2.70. The van der Waals surface area contributed by atoms with E-state index in [1.807, 2.05) is 0 Å². The lowest BCUT2D eigenvalue weighted by Gasteiger charge is -2.26. The molecule has 58 valence electrons. The fraction of sp³-hybridized carbons (Fsp3) is 0.857. The molecule has 1 aliphatic heterocycles. The van der Waals surface area contributed by atoms with Crippen molar-refractivity contribution in [3.05, 3.63) is 0 Å². The quantitative estimate of drug-likeness (QED) is 0.586. The van der Waals surface area contributed by atoms with Crippen LogP contribution >= 0.6 is 0 Å². The Kier molecular flexibility index (Phi) is 1.15. The molecule has 1 heterocycles. The average molecular weight is 145 g/mol. The Hall–Kier alpha value is -0.570. The van der Waals surface area contributed by atoms with Crippen LogP contribution in [0.15, 0.2) is 0 Å². The summed E-state index contributed by atoms with van der Waals surface area (Å²) in [6, 6.07) is 0. The van der Waals surface area contributed by atoms with E-state index in [-0.39, 0.29) is 13.9 Å². The minimum atomic E-state index is -1.07. The zero-order chi connectivity index (χ0) is 9.19. The Labute approximate surface area is 63.4 Å². The third-order valence-corrected chi connectivity index (χ3v) is 2.02. The molecule has 1 N–H and O–H groups in total. The molecule has 0 aliphatic carbocycles. The summed E-state index contributed by atoms with van der Waals surface area (Å²) in [5, 5.41) is 8.92. The molecular formula is C7H13NO2. The molecule has 0 aromatic carbocycles. The molecule has 0 bridgehead atoms. The van der Waals surface area contributed by atoms with Gasteiger partial charge in [0, 0.05) is 2.74 Å². The van der Waals surface area contributed by atoms with Gasteiger partial charge in [-0.25, -0.2) is 0 Å². The molecule has 3 nitrogen and oxygen atoms in total. The number of carboxylic acids is 1. The molecule has 1 atom stereocenters. The minimum absolute atomic E-state index is 0.0226. The maximum absolute atomic E-state index is 10.9. The number of carboxylic acid groups (broad SMARTS) is 1. The minimum Gasteiger partial charge on any atom is -0.480 e. The fourth-order valence-corrected chi connectivity index (χ4v) is 1.18. The Balaban J connectivity index is 2.83. The predicted octanol–water partition coefficient (Wildman–Crippen LogP) is 0.555. The summed E-state index contributed by atoms with van der Waals surface area (Å²) in [7, 11) is -0.0226. The van der Waals surface area contributed by atoms with E-state index < -0.39 is 11.5 Å². The predicted molar refractivity (Wildman–Crippen MR) is 37.9 cm³/mol. The van der Waals surface area contributed by atoms with E-state index in [0.29, 0.717) is 13.0 Å². The second kappa shape index (κ2) is 2.23. The third-order valence-electron chi connectivity index (χ3n) is 2.02. The molecule has 1 fully saturated rings. The van der Waals surface area contributed by atoms with E-state index in [1.54, 1.807) is 4.90 Å². The molecule has 0 saturated carbocycles. The van der Waals surface area contributed by atoms with Crippen molar-refractivity contribution in [1.82, 2.24) is 4.90 Å². The number of likely N-dealkylation sites (tertiary alicyclic amines) is 1. The van der Waals surface area contributed by atoms with Crippen molar-refractivity contribution in [2.24, 2.45) is 0 Å². The van der Waals surface area contributed by atoms with Crippen LogP contribution in [-0.2, 0) is 4.79 Å². The van der Waals surface area contributed by atoms with Crippen LogP contribution in [0.5, 0.6) is 0 Å². The van der Waals surface area contributed by atoms with Crippen molar-refractivity contribution >= 4 is 5.97 Å². The molecular weight excluding hydrogens is 130 g/mol. The van der Waals surface area contributed by atoms with Crippen LogP contribution in [0.25, 0.3) is 0 Å². The monoisotopic (exact) mass is 145 g/mol. The molecule has 3 heteroatoms. The number of rotatable bonds is 1. The number of likely N-dealkylation sites (N-methyl/N-ethyl adjacent to an activating group) is 1. The van der Waals surface area contributed by atoms with Crippen LogP contribution in [0.4, 0.5) is 0 Å². The molecule has 1 rings (SSSR count). The largest absolute Gasteiger partial charge is 0.480 e. The maximum Gasteiger partial charge on any atom is 0.323 e. The van der Waals surface area contributed by atoms with Gasteiger partial charge in [-0.2, -0.15) is 0 Å². The molecule has 10 heavy (non-hydrogen) atoms. The van der Waals surface area contributed by atoms with Gasteiger partial charge in [-0.05, 0) is 33.3 Å². The second-order valence-corrected chi connectivity index (χ2v) is 2.70. The summed E-state index contributed by atoms with van der Waals surface area (Å²) < 4.78 is 14.3. The lowest BCUT2D eigenvalue weighted by Crippen LogP contribution is -2.45. The van der Waals surface area contributed by atoms with E-state index >= 15 is 0 Å². The molecule has 0 radical (unpaired) electrons. The van der Waals surface area contributed by atoms with Gasteiger partial charge >= 0.3 is 5.97 Å². The first-order valence-electron chi connectivity index (χ1n) is 4.66. The van der Waals surface area contributed by atoms with Gasteiger partial charge in [-0.3, -0.25) is 9.69 Å². The molecule has 0 amide bonds. The Morgan fingerprint density at radius 3 is 3.10 bits per heavy atom. The standard InChI is InChI=1S/C7H13NO2/c1-7(6(9)10)4-3-5-8(7)2/h3-5H2,1-2H3,(H,9,10)/t7-/m0/s1/i1D,2D. The van der Waals surface area contributed by atoms with Gasteiger partial charge in [0.2, 0.25) is 0 Å². The lowest BCUT2D eigenvalue weighted by atomic mass is 10.0. The van der Waals surface area contributed by atoms with Crippen molar-refractivity contribution in [2.75, 3.05) is 13.6 Å². The van der Waals surface area contributed by atoms with Gasteiger partial charge in [0.05, 0.1) is 0 Å². The number of nitrogens with zero attached hydrogens (tertiary/aromatic N) is 1. The molecule has 1 aliphatic rings. The van der Waals surface area contributed by atoms with E-state index in [2.05, 4.69) is 0 Å². The number of hydrogen-bond acceptors (Lipinski definition) is 2. The van der Waals surface area contributed by atoms with Crippen molar-refractivity contribution in [3.8, 4) is 0 Å². The highest BCUT2D eigenvalue weighted by Gasteiger charge is 2.40. The number of carbonyl (C=O) groups is 1. The molecule has 0 aromatic heterocycles. The summed E-state index contributed by atoms with van der Waals surface area (Å²) in [5.74, 6) is -0.956. The Morgan fingerprint density at radius 1 is 1.90 bits per heavy atom.